The molecule has 0 spiro atoms. The van der Waals surface area contributed by atoms with Gasteiger partial charge in [0.2, 0.25) is 5.91 Å². The van der Waals surface area contributed by atoms with Crippen LogP contribution in [0, 0.1) is 22.2 Å². The lowest BCUT2D eigenvalue weighted by atomic mass is 9.40. The highest BCUT2D eigenvalue weighted by atomic mass is 16.2. The van der Waals surface area contributed by atoms with Gasteiger partial charge in [0.1, 0.15) is 0 Å². The van der Waals surface area contributed by atoms with Gasteiger partial charge >= 0.3 is 0 Å². The Morgan fingerprint density at radius 3 is 1.95 bits per heavy atom. The second-order valence-corrected chi connectivity index (χ2v) is 8.39. The van der Waals surface area contributed by atoms with Crippen LogP contribution in [0.4, 0.5) is 0 Å². The van der Waals surface area contributed by atoms with Crippen LogP contribution in [-0.4, -0.2) is 23.9 Å². The highest BCUT2D eigenvalue weighted by molar-refractivity contribution is 5.83. The summed E-state index contributed by atoms with van der Waals surface area (Å²) in [6.45, 7) is 10.9. The zero-order chi connectivity index (χ0) is 13.9. The van der Waals surface area contributed by atoms with Crippen LogP contribution in [0.3, 0.4) is 0 Å². The standard InChI is InChI=1S/C17H29NO/c1-5-18(6-2)14(19)17-9-13-7-15(3,11-17)10-16(4,8-13)12-17/h13H,5-12H2,1-4H3/t13?,15-,16-,17?/m0/s1. The van der Waals surface area contributed by atoms with Gasteiger partial charge in [-0.2, -0.15) is 0 Å². The smallest absolute Gasteiger partial charge is 0.228 e. The Bertz CT molecular complexity index is 380. The zero-order valence-corrected chi connectivity index (χ0v) is 13.1. The third kappa shape index (κ3) is 1.94. The van der Waals surface area contributed by atoms with Gasteiger partial charge in [-0.05, 0) is 69.1 Å². The molecule has 0 aromatic rings. The highest BCUT2D eigenvalue weighted by Crippen LogP contribution is 2.69. The molecule has 0 aliphatic heterocycles. The number of rotatable bonds is 3. The van der Waals surface area contributed by atoms with Gasteiger partial charge < -0.3 is 4.90 Å². The predicted octanol–water partition coefficient (Wildman–Crippen LogP) is 3.85. The maximum atomic E-state index is 13.1. The SMILES string of the molecule is CCN(CC)C(=O)C12CC3C[C@](C)(C1)C[C@](C)(C3)C2. The van der Waals surface area contributed by atoms with Crippen LogP contribution in [-0.2, 0) is 4.79 Å². The minimum absolute atomic E-state index is 0.00502. The molecule has 0 saturated heterocycles. The summed E-state index contributed by atoms with van der Waals surface area (Å²) in [4.78, 5) is 15.2. The molecular weight excluding hydrogens is 234 g/mol. The van der Waals surface area contributed by atoms with Crippen molar-refractivity contribution in [2.75, 3.05) is 13.1 Å². The van der Waals surface area contributed by atoms with Gasteiger partial charge in [0.05, 0.1) is 5.41 Å². The Hall–Kier alpha value is -0.530. The van der Waals surface area contributed by atoms with Crippen LogP contribution in [0.5, 0.6) is 0 Å². The fourth-order valence-electron chi connectivity index (χ4n) is 6.53. The molecule has 108 valence electrons. The van der Waals surface area contributed by atoms with E-state index in [-0.39, 0.29) is 5.41 Å². The molecule has 4 fully saturated rings. The van der Waals surface area contributed by atoms with Crippen LogP contribution in [0.2, 0.25) is 0 Å². The van der Waals surface area contributed by atoms with E-state index < -0.39 is 0 Å². The fraction of sp³-hybridized carbons (Fsp3) is 0.941. The Morgan fingerprint density at radius 1 is 1.00 bits per heavy atom. The van der Waals surface area contributed by atoms with Crippen molar-refractivity contribution in [2.24, 2.45) is 22.2 Å². The Labute approximate surface area is 117 Å². The Kier molecular flexibility index (Phi) is 2.82. The monoisotopic (exact) mass is 263 g/mol. The second kappa shape index (κ2) is 3.99. The van der Waals surface area contributed by atoms with E-state index in [0.29, 0.717) is 16.7 Å². The number of carbonyl (C=O) groups is 1. The number of nitrogens with zero attached hydrogens (tertiary/aromatic N) is 1. The molecule has 1 amide bonds. The van der Waals surface area contributed by atoms with E-state index in [4.69, 9.17) is 0 Å². The van der Waals surface area contributed by atoms with E-state index in [9.17, 15) is 4.79 Å². The van der Waals surface area contributed by atoms with Gasteiger partial charge in [-0.3, -0.25) is 4.79 Å². The molecule has 4 aliphatic carbocycles. The third-order valence-electron chi connectivity index (χ3n) is 6.13. The van der Waals surface area contributed by atoms with Crippen molar-refractivity contribution in [3.05, 3.63) is 0 Å². The minimum Gasteiger partial charge on any atom is -0.343 e. The van der Waals surface area contributed by atoms with Crippen LogP contribution < -0.4 is 0 Å². The first kappa shape index (κ1) is 13.5. The van der Waals surface area contributed by atoms with Gasteiger partial charge in [0, 0.05) is 13.1 Å². The molecule has 0 heterocycles. The topological polar surface area (TPSA) is 20.3 Å². The first-order chi connectivity index (χ1) is 8.84. The number of hydrogen-bond donors (Lipinski definition) is 0. The fourth-order valence-corrected chi connectivity index (χ4v) is 6.53. The molecule has 4 aliphatic rings. The quantitative estimate of drug-likeness (QED) is 0.757. The molecule has 2 heteroatoms. The molecule has 4 bridgehead atoms. The Balaban J connectivity index is 1.94. The summed E-state index contributed by atoms with van der Waals surface area (Å²) >= 11 is 0. The largest absolute Gasteiger partial charge is 0.343 e. The summed E-state index contributed by atoms with van der Waals surface area (Å²) in [5.41, 5.74) is 0.878. The minimum atomic E-state index is -0.00502. The summed E-state index contributed by atoms with van der Waals surface area (Å²) in [5, 5.41) is 0. The van der Waals surface area contributed by atoms with Gasteiger partial charge in [-0.1, -0.05) is 13.8 Å². The van der Waals surface area contributed by atoms with Gasteiger partial charge in [0.25, 0.3) is 0 Å². The first-order valence-corrected chi connectivity index (χ1v) is 8.13. The summed E-state index contributed by atoms with van der Waals surface area (Å²) in [6, 6.07) is 0. The summed E-state index contributed by atoms with van der Waals surface area (Å²) in [6.07, 6.45) is 7.58. The van der Waals surface area contributed by atoms with E-state index in [1.807, 2.05) is 0 Å². The van der Waals surface area contributed by atoms with E-state index in [1.54, 1.807) is 0 Å². The normalized spacial score (nSPS) is 47.5. The number of carbonyl (C=O) groups excluding carboxylic acids is 1. The molecule has 2 atom stereocenters. The molecule has 2 nitrogen and oxygen atoms in total. The molecule has 0 N–H and O–H groups in total. The average Bonchev–Trinajstić information content (AvgIpc) is 2.25. The lowest BCUT2D eigenvalue weighted by molar-refractivity contribution is -0.179. The summed E-state index contributed by atoms with van der Waals surface area (Å²) in [7, 11) is 0. The van der Waals surface area contributed by atoms with Crippen molar-refractivity contribution >= 4 is 5.91 Å². The molecule has 0 radical (unpaired) electrons. The van der Waals surface area contributed by atoms with Crippen molar-refractivity contribution in [3.63, 3.8) is 0 Å². The van der Waals surface area contributed by atoms with E-state index in [0.717, 1.165) is 31.8 Å². The van der Waals surface area contributed by atoms with E-state index >= 15 is 0 Å². The number of amides is 1. The van der Waals surface area contributed by atoms with Crippen LogP contribution in [0.15, 0.2) is 0 Å². The van der Waals surface area contributed by atoms with Crippen molar-refractivity contribution in [1.82, 2.24) is 4.90 Å². The summed E-state index contributed by atoms with van der Waals surface area (Å²) < 4.78 is 0. The van der Waals surface area contributed by atoms with Crippen LogP contribution in [0.1, 0.15) is 66.2 Å². The highest BCUT2D eigenvalue weighted by Gasteiger charge is 2.63. The van der Waals surface area contributed by atoms with Gasteiger partial charge in [0.15, 0.2) is 0 Å². The summed E-state index contributed by atoms with van der Waals surface area (Å²) in [5.74, 6) is 1.28. The van der Waals surface area contributed by atoms with Gasteiger partial charge in [-0.15, -0.1) is 0 Å². The van der Waals surface area contributed by atoms with Crippen LogP contribution in [0.25, 0.3) is 0 Å². The van der Waals surface area contributed by atoms with Crippen molar-refractivity contribution in [3.8, 4) is 0 Å². The molecular formula is C17H29NO. The molecule has 19 heavy (non-hydrogen) atoms. The molecule has 0 unspecified atom stereocenters. The zero-order valence-electron chi connectivity index (χ0n) is 13.1. The maximum absolute atomic E-state index is 13.1. The Morgan fingerprint density at radius 2 is 1.53 bits per heavy atom. The van der Waals surface area contributed by atoms with Crippen LogP contribution >= 0.6 is 0 Å². The third-order valence-corrected chi connectivity index (χ3v) is 6.13. The molecule has 0 aromatic carbocycles. The van der Waals surface area contributed by atoms with E-state index in [1.165, 1.54) is 25.7 Å². The lowest BCUT2D eigenvalue weighted by Crippen LogP contribution is -2.60. The molecule has 0 aromatic heterocycles. The van der Waals surface area contributed by atoms with Crippen molar-refractivity contribution < 1.29 is 4.79 Å². The lowest BCUT2D eigenvalue weighted by Gasteiger charge is -2.65. The predicted molar refractivity (Wildman–Crippen MR) is 77.8 cm³/mol. The first-order valence-electron chi connectivity index (χ1n) is 8.13. The van der Waals surface area contributed by atoms with Crippen molar-refractivity contribution in [1.29, 1.82) is 0 Å². The van der Waals surface area contributed by atoms with Crippen molar-refractivity contribution in [2.45, 2.75) is 66.2 Å². The average molecular weight is 263 g/mol. The van der Waals surface area contributed by atoms with E-state index in [2.05, 4.69) is 32.6 Å². The maximum Gasteiger partial charge on any atom is 0.228 e. The second-order valence-electron chi connectivity index (χ2n) is 8.39. The number of hydrogen-bond acceptors (Lipinski definition) is 1. The molecule has 4 rings (SSSR count). The van der Waals surface area contributed by atoms with Gasteiger partial charge in [-0.25, -0.2) is 0 Å². The molecule has 4 saturated carbocycles.